The van der Waals surface area contributed by atoms with Crippen molar-refractivity contribution in [3.05, 3.63) is 95.6 Å². The summed E-state index contributed by atoms with van der Waals surface area (Å²) in [5.41, 5.74) is 2.09. The van der Waals surface area contributed by atoms with Crippen LogP contribution in [0.25, 0.3) is 0 Å². The summed E-state index contributed by atoms with van der Waals surface area (Å²) in [6.45, 7) is 1.54. The minimum atomic E-state index is -1.00. The minimum Gasteiger partial charge on any atom is -0.497 e. The van der Waals surface area contributed by atoms with Gasteiger partial charge in [0.1, 0.15) is 11.5 Å². The minimum absolute atomic E-state index is 0.235. The highest BCUT2D eigenvalue weighted by atomic mass is 16.5. The number of methoxy groups -OCH3 is 2. The molecule has 0 aliphatic rings. The van der Waals surface area contributed by atoms with Crippen LogP contribution in [-0.4, -0.2) is 32.2 Å². The van der Waals surface area contributed by atoms with Gasteiger partial charge in [-0.05, 0) is 30.2 Å². The van der Waals surface area contributed by atoms with Gasteiger partial charge in [-0.25, -0.2) is 4.79 Å². The molecule has 1 atom stereocenters. The van der Waals surface area contributed by atoms with Crippen molar-refractivity contribution in [2.45, 2.75) is 19.1 Å². The van der Waals surface area contributed by atoms with Gasteiger partial charge in [0.25, 0.3) is 5.91 Å². The lowest BCUT2D eigenvalue weighted by Crippen LogP contribution is -2.38. The van der Waals surface area contributed by atoms with Crippen molar-refractivity contribution in [3.8, 4) is 11.5 Å². The largest absolute Gasteiger partial charge is 0.497 e. The molecule has 0 aliphatic heterocycles. The smallest absolute Gasteiger partial charge is 0.339 e. The number of ether oxygens (including phenoxy) is 3. The van der Waals surface area contributed by atoms with Crippen molar-refractivity contribution < 1.29 is 23.8 Å². The standard InChI is InChI=1S/C25H25NO5/c1-17(31-25(28)20-14-21(29-2)16-22(15-20)30-3)24(27)26-23(18-10-6-4-7-11-18)19-12-8-5-9-13-19/h4-17,23H,1-3H3,(H,26,27)/t17-/m1/s1. The first-order valence-corrected chi connectivity index (χ1v) is 9.86. The summed E-state index contributed by atoms with van der Waals surface area (Å²) >= 11 is 0. The molecule has 3 aromatic carbocycles. The van der Waals surface area contributed by atoms with Crippen LogP contribution in [0.15, 0.2) is 78.9 Å². The van der Waals surface area contributed by atoms with Gasteiger partial charge in [-0.2, -0.15) is 0 Å². The van der Waals surface area contributed by atoms with Crippen LogP contribution >= 0.6 is 0 Å². The van der Waals surface area contributed by atoms with E-state index >= 15 is 0 Å². The molecule has 0 saturated heterocycles. The third-order valence-corrected chi connectivity index (χ3v) is 4.79. The molecule has 6 nitrogen and oxygen atoms in total. The number of hydrogen-bond acceptors (Lipinski definition) is 5. The fourth-order valence-corrected chi connectivity index (χ4v) is 3.12. The van der Waals surface area contributed by atoms with Crippen LogP contribution in [-0.2, 0) is 9.53 Å². The number of nitrogens with one attached hydrogen (secondary N) is 1. The Kier molecular flexibility index (Phi) is 7.27. The van der Waals surface area contributed by atoms with Crippen molar-refractivity contribution in [2.24, 2.45) is 0 Å². The van der Waals surface area contributed by atoms with E-state index in [4.69, 9.17) is 14.2 Å². The molecular weight excluding hydrogens is 394 g/mol. The fourth-order valence-electron chi connectivity index (χ4n) is 3.12. The number of rotatable bonds is 8. The van der Waals surface area contributed by atoms with Gasteiger partial charge >= 0.3 is 5.97 Å². The van der Waals surface area contributed by atoms with Gasteiger partial charge in [0.2, 0.25) is 0 Å². The molecule has 3 aromatic rings. The first-order valence-electron chi connectivity index (χ1n) is 9.86. The van der Waals surface area contributed by atoms with Gasteiger partial charge in [-0.3, -0.25) is 4.79 Å². The highest BCUT2D eigenvalue weighted by Crippen LogP contribution is 2.24. The maximum atomic E-state index is 12.9. The Morgan fingerprint density at radius 3 is 1.71 bits per heavy atom. The van der Waals surface area contributed by atoms with Crippen molar-refractivity contribution in [1.29, 1.82) is 0 Å². The van der Waals surface area contributed by atoms with Crippen molar-refractivity contribution in [3.63, 3.8) is 0 Å². The molecule has 3 rings (SSSR count). The van der Waals surface area contributed by atoms with Crippen molar-refractivity contribution in [2.75, 3.05) is 14.2 Å². The SMILES string of the molecule is COc1cc(OC)cc(C(=O)O[C@H](C)C(=O)NC(c2ccccc2)c2ccccc2)c1. The zero-order valence-electron chi connectivity index (χ0n) is 17.7. The highest BCUT2D eigenvalue weighted by Gasteiger charge is 2.24. The van der Waals surface area contributed by atoms with E-state index in [1.165, 1.54) is 33.3 Å². The van der Waals surface area contributed by atoms with Gasteiger partial charge in [0.05, 0.1) is 25.8 Å². The van der Waals surface area contributed by atoms with Gasteiger partial charge < -0.3 is 19.5 Å². The average molecular weight is 419 g/mol. The summed E-state index contributed by atoms with van der Waals surface area (Å²) in [5.74, 6) is -0.134. The van der Waals surface area contributed by atoms with E-state index in [1.807, 2.05) is 60.7 Å². The van der Waals surface area contributed by atoms with Crippen molar-refractivity contribution in [1.82, 2.24) is 5.32 Å². The lowest BCUT2D eigenvalue weighted by Gasteiger charge is -2.22. The average Bonchev–Trinajstić information content (AvgIpc) is 2.82. The maximum Gasteiger partial charge on any atom is 0.339 e. The Morgan fingerprint density at radius 2 is 1.26 bits per heavy atom. The van der Waals surface area contributed by atoms with Gasteiger partial charge in [-0.15, -0.1) is 0 Å². The fraction of sp³-hybridized carbons (Fsp3) is 0.200. The molecular formula is C25H25NO5. The molecule has 0 unspecified atom stereocenters. The van der Waals surface area contributed by atoms with E-state index < -0.39 is 18.0 Å². The second kappa shape index (κ2) is 10.3. The monoisotopic (exact) mass is 419 g/mol. The summed E-state index contributed by atoms with van der Waals surface area (Å²) in [4.78, 5) is 25.5. The number of hydrogen-bond donors (Lipinski definition) is 1. The Morgan fingerprint density at radius 1 is 0.774 bits per heavy atom. The molecule has 0 heterocycles. The number of carbonyl (C=O) groups is 2. The Bertz CT molecular complexity index is 959. The third kappa shape index (κ3) is 5.63. The zero-order chi connectivity index (χ0) is 22.2. The lowest BCUT2D eigenvalue weighted by atomic mass is 9.98. The van der Waals surface area contributed by atoms with Crippen LogP contribution in [0.1, 0.15) is 34.5 Å². The van der Waals surface area contributed by atoms with E-state index in [0.29, 0.717) is 11.5 Å². The summed E-state index contributed by atoms with van der Waals surface area (Å²) in [7, 11) is 2.99. The number of amides is 1. The van der Waals surface area contributed by atoms with E-state index in [-0.39, 0.29) is 11.6 Å². The van der Waals surface area contributed by atoms with Crippen LogP contribution in [0.4, 0.5) is 0 Å². The number of esters is 1. The molecule has 0 aliphatic carbocycles. The number of carbonyl (C=O) groups excluding carboxylic acids is 2. The second-order valence-electron chi connectivity index (χ2n) is 6.91. The molecule has 0 bridgehead atoms. The zero-order valence-corrected chi connectivity index (χ0v) is 17.7. The van der Waals surface area contributed by atoms with E-state index in [9.17, 15) is 9.59 Å². The Hall–Kier alpha value is -3.80. The maximum absolute atomic E-state index is 12.9. The Balaban J connectivity index is 1.75. The summed E-state index contributed by atoms with van der Waals surface area (Å²) in [6, 6.07) is 23.6. The van der Waals surface area contributed by atoms with E-state index in [0.717, 1.165) is 11.1 Å². The molecule has 0 spiro atoms. The molecule has 0 fully saturated rings. The summed E-state index contributed by atoms with van der Waals surface area (Å²) in [6.07, 6.45) is -1.00. The molecule has 160 valence electrons. The van der Waals surface area contributed by atoms with E-state index in [1.54, 1.807) is 6.07 Å². The molecule has 1 N–H and O–H groups in total. The lowest BCUT2D eigenvalue weighted by molar-refractivity contribution is -0.129. The second-order valence-corrected chi connectivity index (χ2v) is 6.91. The van der Waals surface area contributed by atoms with Gasteiger partial charge in [0.15, 0.2) is 6.10 Å². The highest BCUT2D eigenvalue weighted by molar-refractivity contribution is 5.93. The van der Waals surface area contributed by atoms with Crippen LogP contribution in [0, 0.1) is 0 Å². The molecule has 0 radical (unpaired) electrons. The number of benzene rings is 3. The van der Waals surface area contributed by atoms with Crippen LogP contribution in [0.5, 0.6) is 11.5 Å². The van der Waals surface area contributed by atoms with E-state index in [2.05, 4.69) is 5.32 Å². The van der Waals surface area contributed by atoms with Gasteiger partial charge in [0, 0.05) is 6.07 Å². The first-order chi connectivity index (χ1) is 15.0. The van der Waals surface area contributed by atoms with Gasteiger partial charge in [-0.1, -0.05) is 60.7 Å². The summed E-state index contributed by atoms with van der Waals surface area (Å²) in [5, 5.41) is 2.99. The Labute approximate surface area is 181 Å². The quantitative estimate of drug-likeness (QED) is 0.555. The third-order valence-electron chi connectivity index (χ3n) is 4.79. The predicted octanol–water partition coefficient (Wildman–Crippen LogP) is 4.15. The normalized spacial score (nSPS) is 11.5. The molecule has 31 heavy (non-hydrogen) atoms. The van der Waals surface area contributed by atoms with Crippen LogP contribution in [0.3, 0.4) is 0 Å². The first kappa shape index (κ1) is 21.9. The van der Waals surface area contributed by atoms with Crippen LogP contribution in [0.2, 0.25) is 0 Å². The molecule has 1 amide bonds. The van der Waals surface area contributed by atoms with Crippen molar-refractivity contribution >= 4 is 11.9 Å². The molecule has 0 aromatic heterocycles. The molecule has 0 saturated carbocycles. The molecule has 6 heteroatoms. The van der Waals surface area contributed by atoms with Crippen LogP contribution < -0.4 is 14.8 Å². The summed E-state index contributed by atoms with van der Waals surface area (Å²) < 4.78 is 15.8. The predicted molar refractivity (Wildman–Crippen MR) is 117 cm³/mol. The topological polar surface area (TPSA) is 73.9 Å².